The highest BCUT2D eigenvalue weighted by atomic mass is 32.1. The zero-order valence-corrected chi connectivity index (χ0v) is 10.3. The Morgan fingerprint density at radius 2 is 2.11 bits per heavy atom. The molecule has 0 bridgehead atoms. The summed E-state index contributed by atoms with van der Waals surface area (Å²) < 4.78 is 2.04. The topological polar surface area (TPSA) is 48.1 Å². The molecule has 0 atom stereocenters. The molecule has 3 rings (SSSR count). The first-order chi connectivity index (χ1) is 8.75. The Hall–Kier alpha value is -2.14. The fourth-order valence-corrected chi connectivity index (χ4v) is 2.78. The first kappa shape index (κ1) is 11.0. The van der Waals surface area contributed by atoms with Gasteiger partial charge in [0, 0.05) is 17.1 Å². The van der Waals surface area contributed by atoms with Crippen LogP contribution in [0, 0.1) is 10.1 Å². The summed E-state index contributed by atoms with van der Waals surface area (Å²) >= 11 is 1.69. The zero-order valence-electron chi connectivity index (χ0n) is 9.45. The predicted molar refractivity (Wildman–Crippen MR) is 72.0 cm³/mol. The van der Waals surface area contributed by atoms with E-state index in [9.17, 15) is 10.1 Å². The molecule has 2 heterocycles. The number of hydrogen-bond acceptors (Lipinski definition) is 3. The monoisotopic (exact) mass is 258 g/mol. The fraction of sp³-hybridized carbons (Fsp3) is 0.0769. The minimum Gasteiger partial charge on any atom is -0.342 e. The fourth-order valence-electron chi connectivity index (χ4n) is 2.07. The van der Waals surface area contributed by atoms with E-state index in [4.69, 9.17) is 0 Å². The summed E-state index contributed by atoms with van der Waals surface area (Å²) in [6, 6.07) is 11.1. The molecule has 2 aromatic heterocycles. The van der Waals surface area contributed by atoms with Crippen molar-refractivity contribution < 1.29 is 4.92 Å². The maximum Gasteiger partial charge on any atom is 0.278 e. The molecule has 18 heavy (non-hydrogen) atoms. The number of nitrogens with zero attached hydrogens (tertiary/aromatic N) is 2. The molecular formula is C13H10N2O2S. The highest BCUT2D eigenvalue weighted by Crippen LogP contribution is 2.27. The van der Waals surface area contributed by atoms with E-state index in [0.29, 0.717) is 5.39 Å². The predicted octanol–water partition coefficient (Wildman–Crippen LogP) is 3.66. The molecule has 3 aromatic rings. The molecule has 0 fully saturated rings. The highest BCUT2D eigenvalue weighted by molar-refractivity contribution is 7.09. The van der Waals surface area contributed by atoms with Gasteiger partial charge in [0.25, 0.3) is 5.69 Å². The molecule has 0 amide bonds. The summed E-state index contributed by atoms with van der Waals surface area (Å²) in [5.41, 5.74) is 1.06. The van der Waals surface area contributed by atoms with Crippen molar-refractivity contribution in [2.24, 2.45) is 0 Å². The molecule has 0 saturated carbocycles. The van der Waals surface area contributed by atoms with E-state index >= 15 is 0 Å². The Labute approximate surface area is 107 Å². The summed E-state index contributed by atoms with van der Waals surface area (Å²) in [7, 11) is 0. The van der Waals surface area contributed by atoms with Crippen LogP contribution in [0.4, 0.5) is 5.69 Å². The number of nitro benzene ring substituents is 1. The molecule has 5 heteroatoms. The van der Waals surface area contributed by atoms with Crippen molar-refractivity contribution in [2.75, 3.05) is 0 Å². The molecule has 0 spiro atoms. The van der Waals surface area contributed by atoms with Gasteiger partial charge in [-0.15, -0.1) is 11.3 Å². The van der Waals surface area contributed by atoms with Gasteiger partial charge in [0.15, 0.2) is 0 Å². The maximum absolute atomic E-state index is 10.9. The first-order valence-corrected chi connectivity index (χ1v) is 6.38. The van der Waals surface area contributed by atoms with Crippen LogP contribution in [0.15, 0.2) is 48.0 Å². The van der Waals surface area contributed by atoms with Crippen molar-refractivity contribution in [1.29, 1.82) is 0 Å². The van der Waals surface area contributed by atoms with Crippen LogP contribution >= 0.6 is 11.3 Å². The molecule has 0 aliphatic rings. The molecule has 0 saturated heterocycles. The number of benzene rings is 1. The van der Waals surface area contributed by atoms with E-state index in [1.165, 1.54) is 10.9 Å². The van der Waals surface area contributed by atoms with Crippen molar-refractivity contribution in [3.05, 3.63) is 63.0 Å². The lowest BCUT2D eigenvalue weighted by Gasteiger charge is -2.03. The Morgan fingerprint density at radius 1 is 1.22 bits per heavy atom. The molecule has 0 unspecified atom stereocenters. The lowest BCUT2D eigenvalue weighted by molar-refractivity contribution is -0.383. The van der Waals surface area contributed by atoms with Gasteiger partial charge in [-0.2, -0.15) is 0 Å². The second-order valence-corrected chi connectivity index (χ2v) is 5.02. The van der Waals surface area contributed by atoms with Crippen molar-refractivity contribution in [1.82, 2.24) is 4.57 Å². The summed E-state index contributed by atoms with van der Waals surface area (Å²) in [5, 5.41) is 13.7. The third kappa shape index (κ3) is 1.78. The smallest absolute Gasteiger partial charge is 0.278 e. The third-order valence-corrected chi connectivity index (χ3v) is 3.75. The van der Waals surface area contributed by atoms with Gasteiger partial charge in [0.05, 0.1) is 22.4 Å². The van der Waals surface area contributed by atoms with E-state index < -0.39 is 0 Å². The van der Waals surface area contributed by atoms with Crippen LogP contribution in [0.2, 0.25) is 0 Å². The maximum atomic E-state index is 10.9. The average molecular weight is 258 g/mol. The summed E-state index contributed by atoms with van der Waals surface area (Å²) in [5.74, 6) is 0. The Bertz CT molecular complexity index is 701. The largest absolute Gasteiger partial charge is 0.342 e. The Balaban J connectivity index is 2.09. The minimum atomic E-state index is -0.336. The Kier molecular flexibility index (Phi) is 2.60. The minimum absolute atomic E-state index is 0.164. The zero-order chi connectivity index (χ0) is 12.5. The number of nitro groups is 1. The molecule has 0 aliphatic heterocycles. The van der Waals surface area contributed by atoms with Crippen molar-refractivity contribution in [3.8, 4) is 0 Å². The van der Waals surface area contributed by atoms with Crippen LogP contribution in [0.5, 0.6) is 0 Å². The highest BCUT2D eigenvalue weighted by Gasteiger charge is 2.13. The number of thiophene rings is 1. The number of fused-ring (bicyclic) bond motifs is 1. The van der Waals surface area contributed by atoms with Crippen LogP contribution in [-0.2, 0) is 6.54 Å². The standard InChI is InChI=1S/C13H10N2O2S/c16-15(17)13-5-1-4-12-11(13)6-7-14(12)9-10-3-2-8-18-10/h1-8H,9H2. The van der Waals surface area contributed by atoms with Gasteiger partial charge in [-0.1, -0.05) is 12.1 Å². The van der Waals surface area contributed by atoms with Gasteiger partial charge in [0.2, 0.25) is 0 Å². The van der Waals surface area contributed by atoms with Crippen LogP contribution in [0.25, 0.3) is 10.9 Å². The van der Waals surface area contributed by atoms with Crippen molar-refractivity contribution in [3.63, 3.8) is 0 Å². The van der Waals surface area contributed by atoms with Crippen molar-refractivity contribution >= 4 is 27.9 Å². The average Bonchev–Trinajstić information content (AvgIpc) is 2.99. The van der Waals surface area contributed by atoms with E-state index in [1.807, 2.05) is 28.3 Å². The van der Waals surface area contributed by atoms with Crippen LogP contribution in [0.1, 0.15) is 4.88 Å². The van der Waals surface area contributed by atoms with Gasteiger partial charge in [0.1, 0.15) is 0 Å². The quantitative estimate of drug-likeness (QED) is 0.531. The van der Waals surface area contributed by atoms with Gasteiger partial charge >= 0.3 is 0 Å². The molecule has 0 radical (unpaired) electrons. The number of non-ortho nitro benzene ring substituents is 1. The third-order valence-electron chi connectivity index (χ3n) is 2.89. The van der Waals surface area contributed by atoms with Gasteiger partial charge in [-0.3, -0.25) is 10.1 Å². The number of rotatable bonds is 3. The molecule has 90 valence electrons. The summed E-state index contributed by atoms with van der Waals surface area (Å²) in [6.07, 6.45) is 1.90. The molecular weight excluding hydrogens is 248 g/mol. The van der Waals surface area contributed by atoms with Gasteiger partial charge in [-0.25, -0.2) is 0 Å². The second kappa shape index (κ2) is 4.27. The normalized spacial score (nSPS) is 10.9. The van der Waals surface area contributed by atoms with Crippen LogP contribution in [-0.4, -0.2) is 9.49 Å². The van der Waals surface area contributed by atoms with E-state index in [0.717, 1.165) is 12.1 Å². The first-order valence-electron chi connectivity index (χ1n) is 5.50. The van der Waals surface area contributed by atoms with E-state index in [-0.39, 0.29) is 10.6 Å². The van der Waals surface area contributed by atoms with Crippen LogP contribution in [0.3, 0.4) is 0 Å². The summed E-state index contributed by atoms with van der Waals surface area (Å²) in [4.78, 5) is 11.8. The molecule has 4 nitrogen and oxygen atoms in total. The lowest BCUT2D eigenvalue weighted by Crippen LogP contribution is -1.96. The summed E-state index contributed by atoms with van der Waals surface area (Å²) in [6.45, 7) is 0.752. The molecule has 0 N–H and O–H groups in total. The van der Waals surface area contributed by atoms with E-state index in [1.54, 1.807) is 23.5 Å². The SMILES string of the molecule is O=[N+]([O-])c1cccc2c1ccn2Cc1cccs1. The number of aromatic nitrogens is 1. The lowest BCUT2D eigenvalue weighted by atomic mass is 10.2. The Morgan fingerprint density at radius 3 is 2.83 bits per heavy atom. The second-order valence-electron chi connectivity index (χ2n) is 3.99. The van der Waals surface area contributed by atoms with Crippen molar-refractivity contribution in [2.45, 2.75) is 6.54 Å². The van der Waals surface area contributed by atoms with Crippen LogP contribution < -0.4 is 0 Å². The van der Waals surface area contributed by atoms with Gasteiger partial charge in [-0.05, 0) is 23.6 Å². The number of hydrogen-bond donors (Lipinski definition) is 0. The molecule has 1 aromatic carbocycles. The van der Waals surface area contributed by atoms with E-state index in [2.05, 4.69) is 6.07 Å². The molecule has 0 aliphatic carbocycles. The van der Waals surface area contributed by atoms with Gasteiger partial charge < -0.3 is 4.57 Å².